The Balaban J connectivity index is 1.90. The number of aryl methyl sites for hydroxylation is 3. The summed E-state index contributed by atoms with van der Waals surface area (Å²) in [6.07, 6.45) is 5.19. The molecule has 2 N–H and O–H groups in total. The number of hydrogen-bond acceptors (Lipinski definition) is 5. The summed E-state index contributed by atoms with van der Waals surface area (Å²) in [4.78, 5) is 15.2. The second-order valence-corrected chi connectivity index (χ2v) is 9.06. The molecule has 0 radical (unpaired) electrons. The maximum Gasteiger partial charge on any atom is 0.253 e. The standard InChI is InChI=1S/C29H36N3O3P/c1-7-20-16-24(30)26(17-21(20)8-2)32(36)28(33)14-13-22-11-9-10-12-25(22)31(4)23-15-19(3)29(35-6)27(18-23)34-5/h9-18H,7-8,30,36H2,1-6H3/b14-13+. The molecule has 0 bridgehead atoms. The van der Waals surface area contributed by atoms with Crippen LogP contribution in [0.25, 0.3) is 6.08 Å². The Morgan fingerprint density at radius 2 is 1.67 bits per heavy atom. The number of para-hydroxylation sites is 1. The monoisotopic (exact) mass is 505 g/mol. The number of nitrogens with zero attached hydrogens (tertiary/aromatic N) is 2. The number of carbonyl (C=O) groups excluding carboxylic acids is 1. The largest absolute Gasteiger partial charge is 0.493 e. The van der Waals surface area contributed by atoms with Gasteiger partial charge < -0.3 is 20.1 Å². The molecule has 1 unspecified atom stereocenters. The summed E-state index contributed by atoms with van der Waals surface area (Å²) in [5.74, 6) is 1.20. The predicted molar refractivity (Wildman–Crippen MR) is 155 cm³/mol. The van der Waals surface area contributed by atoms with Gasteiger partial charge in [0.2, 0.25) is 0 Å². The van der Waals surface area contributed by atoms with E-state index in [1.54, 1.807) is 20.3 Å². The van der Waals surface area contributed by atoms with Crippen LogP contribution >= 0.6 is 9.39 Å². The van der Waals surface area contributed by atoms with Gasteiger partial charge in [0.05, 0.1) is 25.6 Å². The van der Waals surface area contributed by atoms with Crippen LogP contribution in [-0.4, -0.2) is 27.2 Å². The average molecular weight is 506 g/mol. The van der Waals surface area contributed by atoms with Crippen molar-refractivity contribution in [1.29, 1.82) is 0 Å². The number of rotatable bonds is 9. The van der Waals surface area contributed by atoms with Gasteiger partial charge in [-0.1, -0.05) is 32.0 Å². The molecule has 7 heteroatoms. The summed E-state index contributed by atoms with van der Waals surface area (Å²) >= 11 is 0. The number of methoxy groups -OCH3 is 2. The van der Waals surface area contributed by atoms with Crippen molar-refractivity contribution in [2.24, 2.45) is 0 Å². The molecule has 0 saturated carbocycles. The number of anilines is 4. The summed E-state index contributed by atoms with van der Waals surface area (Å²) in [7, 11) is 7.75. The van der Waals surface area contributed by atoms with E-state index < -0.39 is 0 Å². The quantitative estimate of drug-likeness (QED) is 0.209. The zero-order valence-electron chi connectivity index (χ0n) is 22.0. The van der Waals surface area contributed by atoms with Gasteiger partial charge in [0, 0.05) is 30.6 Å². The number of benzene rings is 3. The molecule has 190 valence electrons. The van der Waals surface area contributed by atoms with E-state index in [9.17, 15) is 4.79 Å². The lowest BCUT2D eigenvalue weighted by Gasteiger charge is -2.24. The zero-order chi connectivity index (χ0) is 26.4. The van der Waals surface area contributed by atoms with E-state index in [-0.39, 0.29) is 5.91 Å². The van der Waals surface area contributed by atoms with Crippen LogP contribution < -0.4 is 24.8 Å². The molecule has 3 rings (SSSR count). The molecule has 1 amide bonds. The number of hydrogen-bond donors (Lipinski definition) is 1. The third-order valence-corrected chi connectivity index (χ3v) is 6.88. The van der Waals surface area contributed by atoms with Crippen LogP contribution in [0, 0.1) is 6.92 Å². The maximum absolute atomic E-state index is 13.1. The Labute approximate surface area is 217 Å². The molecule has 0 fully saturated rings. The second-order valence-electron chi connectivity index (χ2n) is 8.54. The summed E-state index contributed by atoms with van der Waals surface area (Å²) < 4.78 is 12.5. The van der Waals surface area contributed by atoms with Crippen LogP contribution in [0.5, 0.6) is 11.5 Å². The summed E-state index contributed by atoms with van der Waals surface area (Å²) in [5.41, 5.74) is 13.7. The van der Waals surface area contributed by atoms with Crippen LogP contribution in [0.3, 0.4) is 0 Å². The van der Waals surface area contributed by atoms with E-state index in [0.717, 1.165) is 35.3 Å². The van der Waals surface area contributed by atoms with Gasteiger partial charge in [-0.25, -0.2) is 0 Å². The molecule has 0 aliphatic carbocycles. The normalized spacial score (nSPS) is 11.0. The fraction of sp³-hybridized carbons (Fsp3) is 0.276. The second kappa shape index (κ2) is 12.0. The highest BCUT2D eigenvalue weighted by molar-refractivity contribution is 7.21. The molecule has 3 aromatic rings. The van der Waals surface area contributed by atoms with E-state index in [4.69, 9.17) is 15.2 Å². The Morgan fingerprint density at radius 3 is 2.31 bits per heavy atom. The van der Waals surface area contributed by atoms with Gasteiger partial charge in [0.1, 0.15) is 0 Å². The third kappa shape index (κ3) is 5.66. The fourth-order valence-electron chi connectivity index (χ4n) is 4.33. The van der Waals surface area contributed by atoms with Gasteiger partial charge in [-0.05, 0) is 81.8 Å². The molecule has 0 spiro atoms. The van der Waals surface area contributed by atoms with E-state index in [0.29, 0.717) is 22.9 Å². The van der Waals surface area contributed by atoms with Crippen molar-refractivity contribution >= 4 is 44.1 Å². The van der Waals surface area contributed by atoms with Crippen molar-refractivity contribution in [3.63, 3.8) is 0 Å². The Bertz CT molecular complexity index is 1270. The molecule has 0 aliphatic rings. The van der Waals surface area contributed by atoms with Crippen LogP contribution in [0.15, 0.2) is 54.6 Å². The fourth-order valence-corrected chi connectivity index (χ4v) is 4.64. The van der Waals surface area contributed by atoms with Gasteiger partial charge in [0.25, 0.3) is 5.91 Å². The molecule has 0 aliphatic heterocycles. The zero-order valence-corrected chi connectivity index (χ0v) is 23.1. The van der Waals surface area contributed by atoms with Gasteiger partial charge in [-0.3, -0.25) is 9.46 Å². The minimum atomic E-state index is -0.183. The summed E-state index contributed by atoms with van der Waals surface area (Å²) in [6, 6.07) is 15.9. The van der Waals surface area contributed by atoms with Crippen LogP contribution in [0.4, 0.5) is 22.7 Å². The first-order chi connectivity index (χ1) is 17.2. The highest BCUT2D eigenvalue weighted by Gasteiger charge is 2.16. The van der Waals surface area contributed by atoms with Crippen molar-refractivity contribution < 1.29 is 14.3 Å². The van der Waals surface area contributed by atoms with Crippen molar-refractivity contribution in [2.45, 2.75) is 33.6 Å². The summed E-state index contributed by atoms with van der Waals surface area (Å²) in [6.45, 7) is 6.20. The van der Waals surface area contributed by atoms with Crippen molar-refractivity contribution in [3.8, 4) is 11.5 Å². The molecule has 6 nitrogen and oxygen atoms in total. The predicted octanol–water partition coefficient (Wildman–Crippen LogP) is 6.32. The lowest BCUT2D eigenvalue weighted by atomic mass is 10.0. The SMILES string of the molecule is CCc1cc(N)c(N(P)C(=O)/C=C/c2ccccc2N(C)c2cc(C)c(OC)c(OC)c2)cc1CC. The minimum absolute atomic E-state index is 0.183. The molecule has 36 heavy (non-hydrogen) atoms. The number of ether oxygens (including phenoxy) is 2. The number of nitrogens with two attached hydrogens (primary N) is 1. The smallest absolute Gasteiger partial charge is 0.253 e. The van der Waals surface area contributed by atoms with Gasteiger partial charge in [0.15, 0.2) is 11.5 Å². The van der Waals surface area contributed by atoms with Crippen LogP contribution in [0.1, 0.15) is 36.1 Å². The molecule has 1 atom stereocenters. The molecular formula is C29H36N3O3P. The lowest BCUT2D eigenvalue weighted by Crippen LogP contribution is -2.19. The highest BCUT2D eigenvalue weighted by Crippen LogP contribution is 2.38. The van der Waals surface area contributed by atoms with E-state index in [2.05, 4.69) is 28.1 Å². The minimum Gasteiger partial charge on any atom is -0.493 e. The molecule has 3 aromatic carbocycles. The van der Waals surface area contributed by atoms with Gasteiger partial charge >= 0.3 is 0 Å². The van der Waals surface area contributed by atoms with Crippen molar-refractivity contribution in [3.05, 3.63) is 76.9 Å². The Kier molecular flexibility index (Phi) is 9.00. The maximum atomic E-state index is 13.1. The number of carbonyl (C=O) groups is 1. The molecule has 0 heterocycles. The number of nitrogen functional groups attached to an aromatic ring is 1. The van der Waals surface area contributed by atoms with E-state index in [1.165, 1.54) is 15.8 Å². The topological polar surface area (TPSA) is 68.0 Å². The van der Waals surface area contributed by atoms with E-state index in [1.807, 2.05) is 68.6 Å². The molecular weight excluding hydrogens is 469 g/mol. The summed E-state index contributed by atoms with van der Waals surface area (Å²) in [5, 5.41) is 0. The molecule has 0 aromatic heterocycles. The first-order valence-corrected chi connectivity index (χ1v) is 12.5. The van der Waals surface area contributed by atoms with Crippen molar-refractivity contribution in [1.82, 2.24) is 0 Å². The average Bonchev–Trinajstić information content (AvgIpc) is 2.90. The first-order valence-electron chi connectivity index (χ1n) is 12.0. The van der Waals surface area contributed by atoms with Gasteiger partial charge in [-0.2, -0.15) is 0 Å². The molecule has 0 saturated heterocycles. The Morgan fingerprint density at radius 1 is 1.00 bits per heavy atom. The third-order valence-electron chi connectivity index (χ3n) is 6.35. The highest BCUT2D eigenvalue weighted by atomic mass is 31.0. The van der Waals surface area contributed by atoms with Crippen molar-refractivity contribution in [2.75, 3.05) is 36.6 Å². The Hall–Kier alpha value is -3.50. The van der Waals surface area contributed by atoms with Gasteiger partial charge in [-0.15, -0.1) is 0 Å². The van der Waals surface area contributed by atoms with Crippen LogP contribution in [0.2, 0.25) is 0 Å². The first kappa shape index (κ1) is 27.1. The van der Waals surface area contributed by atoms with E-state index >= 15 is 0 Å². The van der Waals surface area contributed by atoms with Crippen LogP contribution in [-0.2, 0) is 17.6 Å². The number of amides is 1. The lowest BCUT2D eigenvalue weighted by molar-refractivity contribution is -0.112.